The van der Waals surface area contributed by atoms with Gasteiger partial charge in [0.05, 0.1) is 22.6 Å². The first kappa shape index (κ1) is 16.4. The molecule has 5 rings (SSSR count). The van der Waals surface area contributed by atoms with Crippen molar-refractivity contribution in [3.63, 3.8) is 0 Å². The van der Waals surface area contributed by atoms with Gasteiger partial charge in [0.1, 0.15) is 0 Å². The van der Waals surface area contributed by atoms with Crippen molar-refractivity contribution in [1.29, 1.82) is 0 Å². The van der Waals surface area contributed by atoms with Crippen LogP contribution in [-0.2, 0) is 14.3 Å². The van der Waals surface area contributed by atoms with Crippen LogP contribution in [0.4, 0.5) is 0 Å². The van der Waals surface area contributed by atoms with Crippen LogP contribution in [0.25, 0.3) is 27.5 Å². The first-order valence-electron chi connectivity index (χ1n) is 8.72. The van der Waals surface area contributed by atoms with Gasteiger partial charge in [-0.05, 0) is 34.4 Å². The van der Waals surface area contributed by atoms with Crippen molar-refractivity contribution in [2.45, 2.75) is 0 Å². The molecule has 2 heterocycles. The van der Waals surface area contributed by atoms with Gasteiger partial charge in [-0.2, -0.15) is 0 Å². The summed E-state index contributed by atoms with van der Waals surface area (Å²) in [6, 6.07) is 12.9. The molecule has 6 nitrogen and oxygen atoms in total. The lowest BCUT2D eigenvalue weighted by molar-refractivity contribution is -0.153. The number of furan rings is 1. The largest absolute Gasteiger partial charge is 0.480 e. The Kier molecular flexibility index (Phi) is 3.42. The molecule has 2 unspecified atom stereocenters. The molecule has 0 radical (unpaired) electrons. The summed E-state index contributed by atoms with van der Waals surface area (Å²) < 4.78 is 9.54. The van der Waals surface area contributed by atoms with Gasteiger partial charge in [0, 0.05) is 0 Å². The zero-order valence-corrected chi connectivity index (χ0v) is 14.5. The van der Waals surface area contributed by atoms with Crippen LogP contribution in [0.5, 0.6) is 11.9 Å². The Balaban J connectivity index is 1.47. The Labute approximate surface area is 159 Å². The summed E-state index contributed by atoms with van der Waals surface area (Å²) in [5.41, 5.74) is 3.54. The van der Waals surface area contributed by atoms with Gasteiger partial charge in [-0.1, -0.05) is 48.6 Å². The molecule has 6 heteroatoms. The van der Waals surface area contributed by atoms with Crippen LogP contribution in [-0.4, -0.2) is 22.2 Å². The van der Waals surface area contributed by atoms with E-state index in [1.54, 1.807) is 24.3 Å². The fourth-order valence-electron chi connectivity index (χ4n) is 3.69. The van der Waals surface area contributed by atoms with Crippen LogP contribution in [0.15, 0.2) is 65.1 Å². The van der Waals surface area contributed by atoms with Gasteiger partial charge < -0.3 is 19.4 Å². The number of cyclic esters (lactones) is 2. The summed E-state index contributed by atoms with van der Waals surface area (Å²) in [5, 5.41) is 20.3. The minimum Gasteiger partial charge on any atom is -0.480 e. The number of carbonyl (C=O) groups excluding carboxylic acids is 2. The fourth-order valence-corrected chi connectivity index (χ4v) is 3.69. The molecule has 2 aliphatic rings. The van der Waals surface area contributed by atoms with Gasteiger partial charge in [0.2, 0.25) is 0 Å². The molecule has 0 amide bonds. The van der Waals surface area contributed by atoms with Crippen LogP contribution in [0.2, 0.25) is 0 Å². The van der Waals surface area contributed by atoms with Crippen molar-refractivity contribution in [3.05, 3.63) is 66.3 Å². The Morgan fingerprint density at radius 3 is 2.18 bits per heavy atom. The Morgan fingerprint density at radius 1 is 0.750 bits per heavy atom. The molecule has 28 heavy (non-hydrogen) atoms. The standard InChI is InChI=1S/C22H14O6/c23-19-15-7-5-13(9-17(15)21(25)27-19)11-1-2-12(4-3-11)14-6-8-16-18(10-14)22(26)28-20(16)24/h1-10,15,17,24,26H. The van der Waals surface area contributed by atoms with E-state index in [-0.39, 0.29) is 11.9 Å². The van der Waals surface area contributed by atoms with Crippen molar-refractivity contribution < 1.29 is 29.0 Å². The second-order valence-electron chi connectivity index (χ2n) is 6.82. The molecule has 0 spiro atoms. The number of rotatable bonds is 2. The Morgan fingerprint density at radius 2 is 1.39 bits per heavy atom. The zero-order valence-electron chi connectivity index (χ0n) is 14.5. The molecule has 2 atom stereocenters. The summed E-state index contributed by atoms with van der Waals surface area (Å²) in [6.07, 6.45) is 5.31. The highest BCUT2D eigenvalue weighted by atomic mass is 16.6. The maximum Gasteiger partial charge on any atom is 0.321 e. The number of benzene rings is 2. The molecule has 2 aromatic carbocycles. The third kappa shape index (κ3) is 2.42. The lowest BCUT2D eigenvalue weighted by Crippen LogP contribution is -2.16. The van der Waals surface area contributed by atoms with Crippen LogP contribution < -0.4 is 0 Å². The number of allylic oxidation sites excluding steroid dienone is 2. The normalized spacial score (nSPS) is 20.9. The van der Waals surface area contributed by atoms with Gasteiger partial charge in [-0.15, -0.1) is 0 Å². The highest BCUT2D eigenvalue weighted by Gasteiger charge is 2.42. The fraction of sp³-hybridized carbons (Fsp3) is 0.0909. The number of carbonyl (C=O) groups is 2. The number of esters is 2. The van der Waals surface area contributed by atoms with Gasteiger partial charge in [-0.3, -0.25) is 9.59 Å². The number of hydrogen-bond acceptors (Lipinski definition) is 6. The Bertz CT molecular complexity index is 1200. The van der Waals surface area contributed by atoms with E-state index in [1.165, 1.54) is 0 Å². The van der Waals surface area contributed by atoms with Crippen LogP contribution in [0.1, 0.15) is 5.56 Å². The molecular weight excluding hydrogens is 360 g/mol. The molecule has 1 fully saturated rings. The van der Waals surface area contributed by atoms with Crippen molar-refractivity contribution in [2.75, 3.05) is 0 Å². The van der Waals surface area contributed by atoms with E-state index < -0.39 is 23.8 Å². The topological polar surface area (TPSA) is 97.0 Å². The smallest absolute Gasteiger partial charge is 0.321 e. The number of fused-ring (bicyclic) bond motifs is 2. The summed E-state index contributed by atoms with van der Waals surface area (Å²) in [6.45, 7) is 0. The van der Waals surface area contributed by atoms with E-state index in [9.17, 15) is 19.8 Å². The summed E-state index contributed by atoms with van der Waals surface area (Å²) in [4.78, 5) is 23.4. The number of hydrogen-bond donors (Lipinski definition) is 2. The molecule has 0 bridgehead atoms. The molecule has 1 aliphatic heterocycles. The minimum absolute atomic E-state index is 0.312. The second kappa shape index (κ2) is 5.85. The van der Waals surface area contributed by atoms with Crippen molar-refractivity contribution in [1.82, 2.24) is 0 Å². The summed E-state index contributed by atoms with van der Waals surface area (Å²) >= 11 is 0. The third-order valence-corrected chi connectivity index (χ3v) is 5.20. The van der Waals surface area contributed by atoms with E-state index in [4.69, 9.17) is 9.15 Å². The minimum atomic E-state index is -0.564. The van der Waals surface area contributed by atoms with Gasteiger partial charge in [-0.25, -0.2) is 0 Å². The average Bonchev–Trinajstić information content (AvgIpc) is 3.16. The molecular formula is C22H14O6. The SMILES string of the molecule is O=C1OC(=O)C2C=C(c3ccc(-c4ccc5c(O)oc(O)c5c4)cc3)C=CC12. The zero-order chi connectivity index (χ0) is 19.4. The maximum absolute atomic E-state index is 11.8. The monoisotopic (exact) mass is 374 g/mol. The molecule has 0 saturated carbocycles. The quantitative estimate of drug-likeness (QED) is 0.523. The summed E-state index contributed by atoms with van der Waals surface area (Å²) in [5.74, 6) is -2.73. The van der Waals surface area contributed by atoms with E-state index in [0.29, 0.717) is 10.8 Å². The molecule has 1 aromatic heterocycles. The van der Waals surface area contributed by atoms with E-state index in [1.807, 2.05) is 36.4 Å². The van der Waals surface area contributed by atoms with Gasteiger partial charge >= 0.3 is 11.9 Å². The molecule has 3 aromatic rings. The lowest BCUT2D eigenvalue weighted by atomic mass is 9.85. The van der Waals surface area contributed by atoms with Gasteiger partial charge in [0.25, 0.3) is 11.9 Å². The van der Waals surface area contributed by atoms with Crippen LogP contribution >= 0.6 is 0 Å². The van der Waals surface area contributed by atoms with Crippen molar-refractivity contribution in [3.8, 4) is 23.0 Å². The van der Waals surface area contributed by atoms with Crippen LogP contribution in [0, 0.1) is 11.8 Å². The predicted molar refractivity (Wildman–Crippen MR) is 100 cm³/mol. The number of aromatic hydroxyl groups is 2. The Hall–Kier alpha value is -3.80. The highest BCUT2D eigenvalue weighted by molar-refractivity contribution is 6.01. The highest BCUT2D eigenvalue weighted by Crippen LogP contribution is 2.39. The predicted octanol–water partition coefficient (Wildman–Crippen LogP) is 3.78. The third-order valence-electron chi connectivity index (χ3n) is 5.20. The lowest BCUT2D eigenvalue weighted by Gasteiger charge is -2.14. The molecule has 138 valence electrons. The average molecular weight is 374 g/mol. The first-order valence-corrected chi connectivity index (χ1v) is 8.72. The van der Waals surface area contributed by atoms with Crippen LogP contribution in [0.3, 0.4) is 0 Å². The van der Waals surface area contributed by atoms with E-state index >= 15 is 0 Å². The van der Waals surface area contributed by atoms with Crippen molar-refractivity contribution in [2.24, 2.45) is 11.8 Å². The molecule has 1 aliphatic carbocycles. The van der Waals surface area contributed by atoms with Crippen molar-refractivity contribution >= 4 is 28.3 Å². The van der Waals surface area contributed by atoms with Gasteiger partial charge in [0.15, 0.2) is 0 Å². The van der Waals surface area contributed by atoms with E-state index in [0.717, 1.165) is 22.3 Å². The number of ether oxygens (including phenoxy) is 1. The first-order chi connectivity index (χ1) is 13.5. The second-order valence-corrected chi connectivity index (χ2v) is 6.82. The summed E-state index contributed by atoms with van der Waals surface area (Å²) in [7, 11) is 0. The molecule has 1 saturated heterocycles. The van der Waals surface area contributed by atoms with E-state index in [2.05, 4.69) is 0 Å². The molecule has 2 N–H and O–H groups in total. The maximum atomic E-state index is 11.8.